The van der Waals surface area contributed by atoms with Gasteiger partial charge in [0, 0.05) is 23.3 Å². The first kappa shape index (κ1) is 39.8. The number of ether oxygens (including phenoxy) is 1. The number of fused-ring (bicyclic) bond motifs is 1. The van der Waals surface area contributed by atoms with Gasteiger partial charge >= 0.3 is 0 Å². The van der Waals surface area contributed by atoms with E-state index in [1.165, 1.54) is 16.7 Å². The van der Waals surface area contributed by atoms with Crippen molar-refractivity contribution in [2.45, 2.75) is 94.9 Å². The maximum atomic E-state index is 14.1. The molecule has 4 amide bonds. The molecule has 5 atom stereocenters. The van der Waals surface area contributed by atoms with Crippen LogP contribution in [0.15, 0.2) is 66.7 Å². The van der Waals surface area contributed by atoms with Crippen LogP contribution in [-0.4, -0.2) is 86.8 Å². The highest BCUT2D eigenvalue weighted by Crippen LogP contribution is 2.41. The molecule has 1 heterocycles. The lowest BCUT2D eigenvalue weighted by Gasteiger charge is -2.34. The number of anilines is 1. The van der Waals surface area contributed by atoms with Gasteiger partial charge in [-0.15, -0.1) is 11.8 Å². The van der Waals surface area contributed by atoms with Crippen LogP contribution in [0.3, 0.4) is 0 Å². The van der Waals surface area contributed by atoms with E-state index in [9.17, 15) is 29.4 Å². The van der Waals surface area contributed by atoms with Gasteiger partial charge in [-0.2, -0.15) is 0 Å². The molecule has 53 heavy (non-hydrogen) atoms. The second-order valence-electron chi connectivity index (χ2n) is 14.4. The van der Waals surface area contributed by atoms with Crippen molar-refractivity contribution in [1.29, 1.82) is 0 Å². The molecular weight excluding hydrogens is 695 g/mol. The van der Waals surface area contributed by atoms with Crippen molar-refractivity contribution in [2.24, 2.45) is 5.73 Å². The molecule has 12 nitrogen and oxygen atoms in total. The van der Waals surface area contributed by atoms with Gasteiger partial charge < -0.3 is 41.5 Å². The molecule has 5 rings (SSSR count). The van der Waals surface area contributed by atoms with Crippen LogP contribution in [0, 0.1) is 13.8 Å². The van der Waals surface area contributed by atoms with E-state index in [-0.39, 0.29) is 24.8 Å². The van der Waals surface area contributed by atoms with Crippen LogP contribution < -0.4 is 26.4 Å². The molecule has 1 aliphatic heterocycles. The Kier molecular flexibility index (Phi) is 13.2. The van der Waals surface area contributed by atoms with Crippen molar-refractivity contribution >= 4 is 41.1 Å². The van der Waals surface area contributed by atoms with Gasteiger partial charge in [0.25, 0.3) is 11.8 Å². The predicted molar refractivity (Wildman–Crippen MR) is 205 cm³/mol. The number of aliphatic hydroxyl groups is 2. The van der Waals surface area contributed by atoms with Crippen LogP contribution in [0.5, 0.6) is 5.75 Å². The zero-order valence-electron chi connectivity index (χ0n) is 30.8. The van der Waals surface area contributed by atoms with Crippen molar-refractivity contribution in [3.05, 3.63) is 94.5 Å². The van der Waals surface area contributed by atoms with Crippen molar-refractivity contribution in [1.82, 2.24) is 15.5 Å². The predicted octanol–water partition coefficient (Wildman–Crippen LogP) is 3.29. The van der Waals surface area contributed by atoms with Crippen LogP contribution in [0.2, 0.25) is 0 Å². The van der Waals surface area contributed by atoms with Crippen LogP contribution >= 0.6 is 11.8 Å². The van der Waals surface area contributed by atoms with Gasteiger partial charge in [0.1, 0.15) is 11.8 Å². The SMILES string of the molecule is Cc1cc(NC(=O)CCCCN)cc(C)c1OCC(=O)N[C@@H](Cc1ccccc1)[C@H](O)C(=O)N1CSC(C)(C)[C@@H]1C(=O)N[C@H]1c2ccccc2C[C@H]1O. The summed E-state index contributed by atoms with van der Waals surface area (Å²) < 4.78 is 5.24. The monoisotopic (exact) mass is 745 g/mol. The van der Waals surface area contributed by atoms with Gasteiger partial charge in [-0.25, -0.2) is 0 Å². The molecule has 3 aromatic rings. The minimum absolute atomic E-state index is 0.107. The topological polar surface area (TPSA) is 183 Å². The molecule has 284 valence electrons. The molecule has 0 unspecified atom stereocenters. The molecule has 13 heteroatoms. The number of carbonyl (C=O) groups excluding carboxylic acids is 4. The maximum Gasteiger partial charge on any atom is 0.258 e. The number of unbranched alkanes of at least 4 members (excludes halogenated alkanes) is 1. The average molecular weight is 746 g/mol. The Balaban J connectivity index is 1.27. The fourth-order valence-corrected chi connectivity index (χ4v) is 8.27. The Labute approximate surface area is 315 Å². The third-order valence-electron chi connectivity index (χ3n) is 9.81. The quantitative estimate of drug-likeness (QED) is 0.127. The number of benzene rings is 3. The second kappa shape index (κ2) is 17.6. The Bertz CT molecular complexity index is 1760. The molecule has 1 saturated heterocycles. The number of aryl methyl sites for hydroxylation is 2. The van der Waals surface area contributed by atoms with Crippen LogP contribution in [0.1, 0.15) is 67.0 Å². The summed E-state index contributed by atoms with van der Waals surface area (Å²) in [6.45, 7) is 7.52. The molecule has 1 fully saturated rings. The fourth-order valence-electron chi connectivity index (χ4n) is 7.13. The Morgan fingerprint density at radius 1 is 1.00 bits per heavy atom. The minimum atomic E-state index is -1.68. The standard InChI is InChI=1S/C40H51N5O7S/c1-24-18-28(42-32(47)16-10-11-17-41)19-25(2)36(24)52-22-33(48)43-30(20-26-12-6-5-7-13-26)35(49)39(51)45-23-53-40(3,4)37(45)38(50)44-34-29-15-9-8-14-27(29)21-31(34)46/h5-9,12-15,18-19,30-31,34-35,37,46,49H,10-11,16-17,20-23,41H2,1-4H3,(H,42,47)(H,43,48)(H,44,50)/t30-,31+,34-,35-,37-/m0/s1. The second-order valence-corrected chi connectivity index (χ2v) is 16.0. The molecule has 0 bridgehead atoms. The largest absolute Gasteiger partial charge is 0.483 e. The minimum Gasteiger partial charge on any atom is -0.483 e. The van der Waals surface area contributed by atoms with E-state index in [0.29, 0.717) is 37.2 Å². The molecule has 7 N–H and O–H groups in total. The van der Waals surface area contributed by atoms with E-state index in [0.717, 1.165) is 34.2 Å². The van der Waals surface area contributed by atoms with Crippen molar-refractivity contribution in [3.8, 4) is 5.75 Å². The summed E-state index contributed by atoms with van der Waals surface area (Å²) in [6, 6.07) is 17.7. The number of carbonyl (C=O) groups is 4. The Morgan fingerprint density at radius 2 is 1.68 bits per heavy atom. The van der Waals surface area contributed by atoms with Gasteiger partial charge in [-0.3, -0.25) is 19.2 Å². The van der Waals surface area contributed by atoms with E-state index in [1.54, 1.807) is 12.1 Å². The smallest absolute Gasteiger partial charge is 0.258 e. The summed E-state index contributed by atoms with van der Waals surface area (Å²) in [5.74, 6) is -1.13. The summed E-state index contributed by atoms with van der Waals surface area (Å²) in [5, 5.41) is 31.1. The molecule has 1 aliphatic carbocycles. The fraction of sp³-hybridized carbons (Fsp3) is 0.450. The normalized spacial score (nSPS) is 19.9. The lowest BCUT2D eigenvalue weighted by Crippen LogP contribution is -2.59. The Morgan fingerprint density at radius 3 is 2.38 bits per heavy atom. The van der Waals surface area contributed by atoms with Crippen LogP contribution in [-0.2, 0) is 32.0 Å². The van der Waals surface area contributed by atoms with Crippen molar-refractivity contribution in [3.63, 3.8) is 0 Å². The molecule has 0 spiro atoms. The van der Waals surface area contributed by atoms with E-state index < -0.39 is 52.8 Å². The number of nitrogens with one attached hydrogen (secondary N) is 3. The Hall–Kier alpha value is -4.43. The zero-order valence-corrected chi connectivity index (χ0v) is 31.6. The van der Waals surface area contributed by atoms with E-state index in [1.807, 2.05) is 82.3 Å². The molecule has 2 aliphatic rings. The highest BCUT2D eigenvalue weighted by molar-refractivity contribution is 8.00. The number of hydrogen-bond acceptors (Lipinski definition) is 9. The molecule has 0 saturated carbocycles. The molecule has 3 aromatic carbocycles. The van der Waals surface area contributed by atoms with Gasteiger partial charge in [0.05, 0.1) is 24.1 Å². The third-order valence-corrected chi connectivity index (χ3v) is 11.2. The summed E-state index contributed by atoms with van der Waals surface area (Å²) >= 11 is 1.42. The van der Waals surface area contributed by atoms with Crippen molar-refractivity contribution in [2.75, 3.05) is 24.3 Å². The first-order valence-corrected chi connectivity index (χ1v) is 19.0. The van der Waals surface area contributed by atoms with Gasteiger partial charge in [0.15, 0.2) is 12.7 Å². The number of aliphatic hydroxyl groups excluding tert-OH is 2. The molecule has 0 aromatic heterocycles. The van der Waals surface area contributed by atoms with Crippen LogP contribution in [0.4, 0.5) is 5.69 Å². The first-order chi connectivity index (χ1) is 25.3. The van der Waals surface area contributed by atoms with Gasteiger partial charge in [-0.1, -0.05) is 54.6 Å². The van der Waals surface area contributed by atoms with E-state index in [4.69, 9.17) is 10.5 Å². The number of hydrogen-bond donors (Lipinski definition) is 6. The zero-order chi connectivity index (χ0) is 38.3. The first-order valence-electron chi connectivity index (χ1n) is 18.0. The number of thioether (sulfide) groups is 1. The maximum absolute atomic E-state index is 14.1. The lowest BCUT2D eigenvalue weighted by molar-refractivity contribution is -0.148. The molecule has 0 radical (unpaired) electrons. The van der Waals surface area contributed by atoms with E-state index in [2.05, 4.69) is 16.0 Å². The van der Waals surface area contributed by atoms with Crippen molar-refractivity contribution < 1.29 is 34.1 Å². The average Bonchev–Trinajstić information content (AvgIpc) is 3.61. The number of nitrogens with zero attached hydrogens (tertiary/aromatic N) is 1. The van der Waals surface area contributed by atoms with E-state index >= 15 is 0 Å². The molecular formula is C40H51N5O7S. The highest BCUT2D eigenvalue weighted by atomic mass is 32.2. The number of nitrogens with two attached hydrogens (primary N) is 1. The van der Waals surface area contributed by atoms with Gasteiger partial charge in [0.2, 0.25) is 11.8 Å². The lowest BCUT2D eigenvalue weighted by atomic mass is 9.96. The van der Waals surface area contributed by atoms with Crippen LogP contribution in [0.25, 0.3) is 0 Å². The summed E-state index contributed by atoms with van der Waals surface area (Å²) in [4.78, 5) is 55.1. The third kappa shape index (κ3) is 9.77. The highest BCUT2D eigenvalue weighted by Gasteiger charge is 2.50. The summed E-state index contributed by atoms with van der Waals surface area (Å²) in [5.41, 5.74) is 10.2. The summed E-state index contributed by atoms with van der Waals surface area (Å²) in [6.07, 6.45) is -0.0933. The number of amides is 4. The number of rotatable bonds is 15. The summed E-state index contributed by atoms with van der Waals surface area (Å²) in [7, 11) is 0. The van der Waals surface area contributed by atoms with Gasteiger partial charge in [-0.05, 0) is 93.5 Å².